The molecule has 1 heterocycles. The Morgan fingerprint density at radius 3 is 2.45 bits per heavy atom. The summed E-state index contributed by atoms with van der Waals surface area (Å²) in [5.41, 5.74) is 1.83. The average Bonchev–Trinajstić information content (AvgIpc) is 2.75. The molecule has 1 saturated heterocycles. The van der Waals surface area contributed by atoms with Gasteiger partial charge in [0.2, 0.25) is 0 Å². The molecule has 0 amide bonds. The molecule has 0 bridgehead atoms. The van der Waals surface area contributed by atoms with Crippen LogP contribution in [0.15, 0.2) is 30.3 Å². The lowest BCUT2D eigenvalue weighted by molar-refractivity contribution is -0.0247. The lowest BCUT2D eigenvalue weighted by Crippen LogP contribution is -2.52. The summed E-state index contributed by atoms with van der Waals surface area (Å²) in [5, 5.41) is 0. The molecule has 164 valence electrons. The van der Waals surface area contributed by atoms with Gasteiger partial charge in [0.15, 0.2) is 0 Å². The Balaban J connectivity index is 1.37. The highest BCUT2D eigenvalue weighted by Gasteiger charge is 2.42. The maximum Gasteiger partial charge on any atom is 0.0466 e. The van der Waals surface area contributed by atoms with E-state index in [9.17, 15) is 0 Å². The van der Waals surface area contributed by atoms with Gasteiger partial charge >= 0.3 is 0 Å². The number of nitrogens with zero attached hydrogens (tertiary/aromatic N) is 1. The van der Waals surface area contributed by atoms with Crippen molar-refractivity contribution in [2.75, 3.05) is 19.8 Å². The maximum atomic E-state index is 6.04. The molecule has 3 atom stereocenters. The summed E-state index contributed by atoms with van der Waals surface area (Å²) in [5.74, 6) is 1.78. The van der Waals surface area contributed by atoms with Gasteiger partial charge in [-0.2, -0.15) is 0 Å². The third-order valence-corrected chi connectivity index (χ3v) is 8.34. The molecule has 29 heavy (non-hydrogen) atoms. The number of likely N-dealkylation sites (tertiary alicyclic amines) is 1. The summed E-state index contributed by atoms with van der Waals surface area (Å²) >= 11 is 0. The minimum Gasteiger partial charge on any atom is -0.381 e. The van der Waals surface area contributed by atoms with Gasteiger partial charge in [-0.25, -0.2) is 0 Å². The van der Waals surface area contributed by atoms with Crippen molar-refractivity contribution >= 4 is 0 Å². The van der Waals surface area contributed by atoms with Gasteiger partial charge in [0.05, 0.1) is 0 Å². The van der Waals surface area contributed by atoms with Gasteiger partial charge in [-0.3, -0.25) is 4.90 Å². The minimum atomic E-state index is 0.387. The second-order valence-electron chi connectivity index (χ2n) is 10.2. The van der Waals surface area contributed by atoms with Gasteiger partial charge in [-0.1, -0.05) is 76.3 Å². The van der Waals surface area contributed by atoms with Crippen LogP contribution >= 0.6 is 0 Å². The van der Waals surface area contributed by atoms with Crippen LogP contribution < -0.4 is 0 Å². The predicted molar refractivity (Wildman–Crippen MR) is 124 cm³/mol. The molecule has 1 aromatic rings. The Morgan fingerprint density at radius 1 is 0.966 bits per heavy atom. The fraction of sp³-hybridized carbons (Fsp3) is 0.778. The monoisotopic (exact) mass is 399 g/mol. The fourth-order valence-electron chi connectivity index (χ4n) is 5.81. The average molecular weight is 400 g/mol. The van der Waals surface area contributed by atoms with E-state index in [1.807, 2.05) is 0 Å². The molecule has 0 spiro atoms. The predicted octanol–water partition coefficient (Wildman–Crippen LogP) is 7.08. The first kappa shape index (κ1) is 22.8. The lowest BCUT2D eigenvalue weighted by atomic mass is 9.65. The first-order valence-electron chi connectivity index (χ1n) is 12.5. The van der Waals surface area contributed by atoms with Gasteiger partial charge < -0.3 is 4.74 Å². The Bertz CT molecular complexity index is 567. The van der Waals surface area contributed by atoms with E-state index in [1.54, 1.807) is 0 Å². The van der Waals surface area contributed by atoms with Crippen LogP contribution in [0.1, 0.15) is 90.5 Å². The molecular formula is C27H45NO. The second kappa shape index (κ2) is 11.5. The summed E-state index contributed by atoms with van der Waals surface area (Å²) in [7, 11) is 0. The first-order chi connectivity index (χ1) is 14.1. The lowest BCUT2D eigenvalue weighted by Gasteiger charge is -2.51. The Hall–Kier alpha value is -0.860. The summed E-state index contributed by atoms with van der Waals surface area (Å²) in [4.78, 5) is 2.71. The van der Waals surface area contributed by atoms with Crippen molar-refractivity contribution in [1.82, 2.24) is 4.90 Å². The van der Waals surface area contributed by atoms with E-state index in [0.717, 1.165) is 31.6 Å². The molecule has 3 unspecified atom stereocenters. The van der Waals surface area contributed by atoms with Crippen LogP contribution in [0.2, 0.25) is 0 Å². The molecule has 2 aliphatic rings. The second-order valence-corrected chi connectivity index (χ2v) is 10.2. The summed E-state index contributed by atoms with van der Waals surface area (Å²) in [6.45, 7) is 11.7. The van der Waals surface area contributed by atoms with Gasteiger partial charge in [0.25, 0.3) is 0 Å². The zero-order chi connectivity index (χ0) is 20.5. The third kappa shape index (κ3) is 6.56. The molecule has 1 aliphatic carbocycles. The van der Waals surface area contributed by atoms with Gasteiger partial charge in [0.1, 0.15) is 0 Å². The molecule has 1 saturated carbocycles. The van der Waals surface area contributed by atoms with Crippen LogP contribution in [0.3, 0.4) is 0 Å². The van der Waals surface area contributed by atoms with Crippen molar-refractivity contribution in [1.29, 1.82) is 0 Å². The maximum absolute atomic E-state index is 6.04. The van der Waals surface area contributed by atoms with Crippen LogP contribution in [0, 0.1) is 17.3 Å². The first-order valence-corrected chi connectivity index (χ1v) is 12.5. The number of hydrogen-bond donors (Lipinski definition) is 0. The third-order valence-electron chi connectivity index (χ3n) is 8.34. The van der Waals surface area contributed by atoms with E-state index in [-0.39, 0.29) is 0 Å². The minimum absolute atomic E-state index is 0.387. The van der Waals surface area contributed by atoms with E-state index < -0.39 is 0 Å². The molecule has 0 radical (unpaired) electrons. The summed E-state index contributed by atoms with van der Waals surface area (Å²) in [6.07, 6.45) is 13.8. The normalized spacial score (nSPS) is 29.2. The van der Waals surface area contributed by atoms with Gasteiger partial charge in [-0.05, 0) is 68.4 Å². The van der Waals surface area contributed by atoms with Crippen molar-refractivity contribution in [3.05, 3.63) is 35.9 Å². The van der Waals surface area contributed by atoms with Crippen LogP contribution in [0.25, 0.3) is 0 Å². The summed E-state index contributed by atoms with van der Waals surface area (Å²) < 4.78 is 6.04. The van der Waals surface area contributed by atoms with Crippen LogP contribution in [-0.4, -0.2) is 30.7 Å². The molecule has 2 nitrogen and oxygen atoms in total. The van der Waals surface area contributed by atoms with Gasteiger partial charge in [0, 0.05) is 25.8 Å². The van der Waals surface area contributed by atoms with E-state index in [0.29, 0.717) is 11.5 Å². The molecule has 3 rings (SSSR count). The Morgan fingerprint density at radius 2 is 1.69 bits per heavy atom. The number of benzene rings is 1. The van der Waals surface area contributed by atoms with Crippen molar-refractivity contribution in [3.8, 4) is 0 Å². The zero-order valence-electron chi connectivity index (χ0n) is 19.4. The molecule has 1 aromatic carbocycles. The fourth-order valence-corrected chi connectivity index (χ4v) is 5.81. The number of hydrogen-bond acceptors (Lipinski definition) is 2. The quantitative estimate of drug-likeness (QED) is 0.390. The SMILES string of the molecule is CC1CCN(Cc2ccccc2)C(C)C1(C)CCCOCCCC1CCCCC1. The van der Waals surface area contributed by atoms with Crippen molar-refractivity contribution < 1.29 is 4.74 Å². The van der Waals surface area contributed by atoms with Crippen molar-refractivity contribution in [2.45, 2.75) is 97.6 Å². The topological polar surface area (TPSA) is 12.5 Å². The van der Waals surface area contributed by atoms with E-state index >= 15 is 0 Å². The van der Waals surface area contributed by atoms with E-state index in [1.165, 1.54) is 76.3 Å². The Labute approximate surface area is 180 Å². The number of piperidine rings is 1. The molecular weight excluding hydrogens is 354 g/mol. The van der Waals surface area contributed by atoms with E-state index in [2.05, 4.69) is 56.0 Å². The highest BCUT2D eigenvalue weighted by Crippen LogP contribution is 2.44. The summed E-state index contributed by atoms with van der Waals surface area (Å²) in [6, 6.07) is 11.6. The standard InChI is InChI=1S/C27H45NO/c1-23-17-19-28(22-26-14-8-5-9-15-26)24(2)27(23,3)18-11-21-29-20-10-16-25-12-6-4-7-13-25/h5,8-9,14-15,23-25H,4,6-7,10-13,16-22H2,1-3H3. The van der Waals surface area contributed by atoms with Gasteiger partial charge in [-0.15, -0.1) is 0 Å². The number of ether oxygens (including phenoxy) is 1. The highest BCUT2D eigenvalue weighted by molar-refractivity contribution is 5.15. The van der Waals surface area contributed by atoms with Crippen LogP contribution in [0.5, 0.6) is 0 Å². The van der Waals surface area contributed by atoms with Crippen LogP contribution in [0.4, 0.5) is 0 Å². The molecule has 0 aromatic heterocycles. The van der Waals surface area contributed by atoms with Crippen molar-refractivity contribution in [3.63, 3.8) is 0 Å². The molecule has 1 aliphatic heterocycles. The molecule has 2 fully saturated rings. The smallest absolute Gasteiger partial charge is 0.0466 e. The number of rotatable bonds is 10. The Kier molecular flexibility index (Phi) is 9.06. The van der Waals surface area contributed by atoms with Crippen LogP contribution in [-0.2, 0) is 11.3 Å². The largest absolute Gasteiger partial charge is 0.381 e. The van der Waals surface area contributed by atoms with E-state index in [4.69, 9.17) is 4.74 Å². The zero-order valence-corrected chi connectivity index (χ0v) is 19.4. The molecule has 0 N–H and O–H groups in total. The highest BCUT2D eigenvalue weighted by atomic mass is 16.5. The van der Waals surface area contributed by atoms with Crippen molar-refractivity contribution in [2.24, 2.45) is 17.3 Å². The molecule has 2 heteroatoms.